The topological polar surface area (TPSA) is 48.2 Å². The van der Waals surface area contributed by atoms with Gasteiger partial charge in [-0.1, -0.05) is 53.7 Å². The van der Waals surface area contributed by atoms with Gasteiger partial charge >= 0.3 is 0 Å². The second-order valence-electron chi connectivity index (χ2n) is 4.85. The Balaban J connectivity index is 1.79. The summed E-state index contributed by atoms with van der Waals surface area (Å²) in [6.07, 6.45) is -0.295. The molecule has 2 aromatic carbocycles. The predicted molar refractivity (Wildman–Crippen MR) is 80.0 cm³/mol. The van der Waals surface area contributed by atoms with Gasteiger partial charge in [0.25, 0.3) is 5.89 Å². The molecule has 1 aromatic heterocycles. The van der Waals surface area contributed by atoms with Gasteiger partial charge < -0.3 is 9.26 Å². The fraction of sp³-hybridized carbons (Fsp3) is 0.176. The van der Waals surface area contributed by atoms with Crippen molar-refractivity contribution in [1.29, 1.82) is 0 Å². The molecule has 21 heavy (non-hydrogen) atoms. The van der Waals surface area contributed by atoms with Crippen LogP contribution in [0.1, 0.15) is 24.5 Å². The van der Waals surface area contributed by atoms with Crippen LogP contribution in [0.25, 0.3) is 11.4 Å². The highest BCUT2D eigenvalue weighted by Gasteiger charge is 2.17. The van der Waals surface area contributed by atoms with E-state index >= 15 is 0 Å². The van der Waals surface area contributed by atoms with Crippen molar-refractivity contribution >= 4 is 0 Å². The molecule has 0 N–H and O–H groups in total. The molecule has 3 aromatic rings. The molecule has 0 aliphatic rings. The zero-order valence-electron chi connectivity index (χ0n) is 12.0. The number of para-hydroxylation sites is 1. The highest BCUT2D eigenvalue weighted by molar-refractivity contribution is 5.53. The maximum atomic E-state index is 5.88. The number of ether oxygens (including phenoxy) is 1. The molecule has 0 fully saturated rings. The molecule has 4 nitrogen and oxygen atoms in total. The number of aromatic nitrogens is 2. The van der Waals surface area contributed by atoms with Crippen LogP contribution in [0.15, 0.2) is 59.1 Å². The van der Waals surface area contributed by atoms with Crippen LogP contribution in [0.3, 0.4) is 0 Å². The molecule has 0 aliphatic carbocycles. The monoisotopic (exact) mass is 280 g/mol. The number of hydrogen-bond acceptors (Lipinski definition) is 4. The molecule has 0 aliphatic heterocycles. The third kappa shape index (κ3) is 2.94. The van der Waals surface area contributed by atoms with E-state index in [0.717, 1.165) is 16.9 Å². The molecular formula is C17H16N2O2. The fourth-order valence-electron chi connectivity index (χ4n) is 2.03. The van der Waals surface area contributed by atoms with Crippen molar-refractivity contribution in [3.05, 3.63) is 66.1 Å². The van der Waals surface area contributed by atoms with E-state index in [4.69, 9.17) is 9.26 Å². The maximum Gasteiger partial charge on any atom is 0.267 e. The van der Waals surface area contributed by atoms with Crippen LogP contribution < -0.4 is 4.74 Å². The minimum atomic E-state index is -0.295. The van der Waals surface area contributed by atoms with E-state index in [9.17, 15) is 0 Å². The van der Waals surface area contributed by atoms with E-state index in [1.807, 2.05) is 68.4 Å². The molecule has 106 valence electrons. The smallest absolute Gasteiger partial charge is 0.267 e. The molecular weight excluding hydrogens is 264 g/mol. The molecule has 0 saturated heterocycles. The van der Waals surface area contributed by atoms with Crippen LogP contribution in [0.4, 0.5) is 0 Å². The summed E-state index contributed by atoms with van der Waals surface area (Å²) in [6.45, 7) is 3.90. The Morgan fingerprint density at radius 2 is 1.71 bits per heavy atom. The SMILES string of the molecule is Cc1ccccc1O[C@@H](C)c1nc(-c2ccccc2)no1. The number of nitrogens with zero attached hydrogens (tertiary/aromatic N) is 2. The van der Waals surface area contributed by atoms with Gasteiger partial charge in [0.15, 0.2) is 6.10 Å². The van der Waals surface area contributed by atoms with Crippen LogP contribution >= 0.6 is 0 Å². The fourth-order valence-corrected chi connectivity index (χ4v) is 2.03. The Morgan fingerprint density at radius 1 is 1.00 bits per heavy atom. The van der Waals surface area contributed by atoms with Gasteiger partial charge in [0.05, 0.1) is 0 Å². The van der Waals surface area contributed by atoms with E-state index in [1.54, 1.807) is 0 Å². The highest BCUT2D eigenvalue weighted by Crippen LogP contribution is 2.25. The Labute approximate surface area is 123 Å². The second kappa shape index (κ2) is 5.79. The lowest BCUT2D eigenvalue weighted by molar-refractivity contribution is 0.175. The Morgan fingerprint density at radius 3 is 2.48 bits per heavy atom. The first kappa shape index (κ1) is 13.4. The van der Waals surface area contributed by atoms with Crippen LogP contribution in [0.2, 0.25) is 0 Å². The zero-order valence-corrected chi connectivity index (χ0v) is 12.0. The van der Waals surface area contributed by atoms with Gasteiger partial charge in [-0.25, -0.2) is 0 Å². The van der Waals surface area contributed by atoms with E-state index in [0.29, 0.717) is 11.7 Å². The molecule has 3 rings (SSSR count). The first-order valence-corrected chi connectivity index (χ1v) is 6.85. The van der Waals surface area contributed by atoms with Gasteiger partial charge in [-0.2, -0.15) is 4.98 Å². The molecule has 0 saturated carbocycles. The van der Waals surface area contributed by atoms with Crippen LogP contribution in [-0.2, 0) is 0 Å². The molecule has 0 amide bonds. The Kier molecular flexibility index (Phi) is 3.69. The van der Waals surface area contributed by atoms with Gasteiger partial charge in [-0.3, -0.25) is 0 Å². The quantitative estimate of drug-likeness (QED) is 0.719. The van der Waals surface area contributed by atoms with Gasteiger partial charge in [0.1, 0.15) is 5.75 Å². The summed E-state index contributed by atoms with van der Waals surface area (Å²) in [6, 6.07) is 17.6. The van der Waals surface area contributed by atoms with Crippen molar-refractivity contribution < 1.29 is 9.26 Å². The third-order valence-electron chi connectivity index (χ3n) is 3.22. The lowest BCUT2D eigenvalue weighted by Gasteiger charge is -2.12. The van der Waals surface area contributed by atoms with Crippen LogP contribution in [-0.4, -0.2) is 10.1 Å². The summed E-state index contributed by atoms with van der Waals surface area (Å²) < 4.78 is 11.2. The van der Waals surface area contributed by atoms with Gasteiger partial charge in [0.2, 0.25) is 5.82 Å². The number of hydrogen-bond donors (Lipinski definition) is 0. The molecule has 1 atom stereocenters. The summed E-state index contributed by atoms with van der Waals surface area (Å²) in [4.78, 5) is 4.40. The number of benzene rings is 2. The average Bonchev–Trinajstić information content (AvgIpc) is 3.00. The van der Waals surface area contributed by atoms with Crippen molar-refractivity contribution in [2.45, 2.75) is 20.0 Å². The Hall–Kier alpha value is -2.62. The van der Waals surface area contributed by atoms with Crippen molar-refractivity contribution in [2.24, 2.45) is 0 Å². The van der Waals surface area contributed by atoms with Gasteiger partial charge in [-0.15, -0.1) is 0 Å². The van der Waals surface area contributed by atoms with Crippen LogP contribution in [0, 0.1) is 6.92 Å². The molecule has 0 spiro atoms. The molecule has 0 unspecified atom stereocenters. The summed E-state index contributed by atoms with van der Waals surface area (Å²) in [5.74, 6) is 1.87. The molecule has 0 bridgehead atoms. The standard InChI is InChI=1S/C17H16N2O2/c1-12-8-6-7-11-15(12)20-13(2)17-18-16(19-21-17)14-9-4-3-5-10-14/h3-11,13H,1-2H3/t13-/m0/s1. The van der Waals surface area contributed by atoms with Gasteiger partial charge in [-0.05, 0) is 25.5 Å². The Bertz CT molecular complexity index is 722. The van der Waals surface area contributed by atoms with Crippen LogP contribution in [0.5, 0.6) is 5.75 Å². The van der Waals surface area contributed by atoms with Crippen molar-refractivity contribution in [2.75, 3.05) is 0 Å². The first-order valence-electron chi connectivity index (χ1n) is 6.85. The summed E-state index contributed by atoms with van der Waals surface area (Å²) >= 11 is 0. The summed E-state index contributed by atoms with van der Waals surface area (Å²) in [5, 5.41) is 4.01. The van der Waals surface area contributed by atoms with E-state index in [-0.39, 0.29) is 6.10 Å². The van der Waals surface area contributed by atoms with Crippen molar-refractivity contribution in [3.8, 4) is 17.1 Å². The minimum Gasteiger partial charge on any atom is -0.481 e. The lowest BCUT2D eigenvalue weighted by Crippen LogP contribution is -2.04. The minimum absolute atomic E-state index is 0.295. The lowest BCUT2D eigenvalue weighted by atomic mass is 10.2. The normalized spacial score (nSPS) is 12.1. The number of rotatable bonds is 4. The van der Waals surface area contributed by atoms with E-state index < -0.39 is 0 Å². The molecule has 0 radical (unpaired) electrons. The first-order chi connectivity index (χ1) is 10.2. The third-order valence-corrected chi connectivity index (χ3v) is 3.22. The average molecular weight is 280 g/mol. The van der Waals surface area contributed by atoms with Crippen molar-refractivity contribution in [3.63, 3.8) is 0 Å². The summed E-state index contributed by atoms with van der Waals surface area (Å²) in [7, 11) is 0. The van der Waals surface area contributed by atoms with E-state index in [1.165, 1.54) is 0 Å². The number of aryl methyl sites for hydroxylation is 1. The molecule has 1 heterocycles. The summed E-state index contributed by atoms with van der Waals surface area (Å²) in [5.41, 5.74) is 2.00. The zero-order chi connectivity index (χ0) is 14.7. The van der Waals surface area contributed by atoms with Crippen molar-refractivity contribution in [1.82, 2.24) is 10.1 Å². The largest absolute Gasteiger partial charge is 0.481 e. The predicted octanol–water partition coefficient (Wildman–Crippen LogP) is 4.19. The van der Waals surface area contributed by atoms with Gasteiger partial charge in [0, 0.05) is 5.56 Å². The maximum absolute atomic E-state index is 5.88. The van der Waals surface area contributed by atoms with E-state index in [2.05, 4.69) is 10.1 Å². The highest BCUT2D eigenvalue weighted by atomic mass is 16.5. The molecule has 4 heteroatoms. The second-order valence-corrected chi connectivity index (χ2v) is 4.85.